The Balaban J connectivity index is 1.81. The molecule has 1 aromatic carbocycles. The smallest absolute Gasteiger partial charge is 0.319 e. The highest BCUT2D eigenvalue weighted by Gasteiger charge is 2.50. The predicted octanol–water partition coefficient (Wildman–Crippen LogP) is 3.55. The summed E-state index contributed by atoms with van der Waals surface area (Å²) in [5, 5.41) is 2.63. The number of benzene rings is 1. The number of nitrogens with one attached hydrogen (secondary N) is 1. The zero-order valence-electron chi connectivity index (χ0n) is 15.9. The van der Waals surface area contributed by atoms with Gasteiger partial charge in [-0.1, -0.05) is 23.7 Å². The Morgan fingerprint density at radius 1 is 1.36 bits per heavy atom. The number of allylic oxidation sites excluding steroid dienone is 2. The van der Waals surface area contributed by atoms with Crippen LogP contribution in [0.1, 0.15) is 45.1 Å². The van der Waals surface area contributed by atoms with Crippen molar-refractivity contribution in [2.45, 2.75) is 45.1 Å². The number of hydrogen-bond acceptors (Lipinski definition) is 3. The van der Waals surface area contributed by atoms with Crippen LogP contribution in [-0.2, 0) is 15.1 Å². The summed E-state index contributed by atoms with van der Waals surface area (Å²) in [6.07, 6.45) is 5.88. The van der Waals surface area contributed by atoms with E-state index in [-0.39, 0.29) is 23.0 Å². The molecular formula is C20H23ClFN3O3. The van der Waals surface area contributed by atoms with Crippen molar-refractivity contribution < 1.29 is 18.8 Å². The first-order chi connectivity index (χ1) is 13.3. The summed E-state index contributed by atoms with van der Waals surface area (Å²) >= 11 is 6.10. The molecule has 6 nitrogen and oxygen atoms in total. The van der Waals surface area contributed by atoms with Gasteiger partial charge in [0.25, 0.3) is 5.91 Å². The number of halogens is 2. The number of hydrogen-bond donors (Lipinski definition) is 1. The number of imide groups is 1. The molecule has 1 N–H and O–H groups in total. The summed E-state index contributed by atoms with van der Waals surface area (Å²) < 4.78 is 13.4. The molecule has 1 aliphatic heterocycles. The van der Waals surface area contributed by atoms with Crippen LogP contribution >= 0.6 is 11.6 Å². The molecule has 0 aromatic heterocycles. The minimum atomic E-state index is -1.46. The van der Waals surface area contributed by atoms with Crippen LogP contribution in [0.4, 0.5) is 9.18 Å². The molecule has 1 atom stereocenters. The average molecular weight is 408 g/mol. The van der Waals surface area contributed by atoms with E-state index in [0.717, 1.165) is 42.3 Å². The van der Waals surface area contributed by atoms with Gasteiger partial charge in [-0.3, -0.25) is 14.5 Å². The zero-order chi connectivity index (χ0) is 20.5. The zero-order valence-corrected chi connectivity index (χ0v) is 16.7. The van der Waals surface area contributed by atoms with Crippen LogP contribution in [-0.4, -0.2) is 40.7 Å². The standard InChI is InChI=1S/C20H23ClFN3O3/c1-3-24(14-7-5-4-6-8-14)17(26)12-25-18(27)20(2,23-19(25)28)15-10-9-13(22)11-16(15)21/h7,9-11H,3-6,8,12H2,1-2H3,(H,23,28). The van der Waals surface area contributed by atoms with E-state index in [4.69, 9.17) is 11.6 Å². The Morgan fingerprint density at radius 3 is 2.71 bits per heavy atom. The summed E-state index contributed by atoms with van der Waals surface area (Å²) in [6, 6.07) is 2.96. The molecular weight excluding hydrogens is 385 g/mol. The Bertz CT molecular complexity index is 857. The van der Waals surface area contributed by atoms with Crippen molar-refractivity contribution in [1.82, 2.24) is 15.1 Å². The molecule has 28 heavy (non-hydrogen) atoms. The number of nitrogens with zero attached hydrogens (tertiary/aromatic N) is 2. The Kier molecular flexibility index (Phi) is 5.74. The topological polar surface area (TPSA) is 69.7 Å². The molecule has 1 aromatic rings. The van der Waals surface area contributed by atoms with Gasteiger partial charge in [-0.2, -0.15) is 0 Å². The van der Waals surface area contributed by atoms with Crippen molar-refractivity contribution in [3.63, 3.8) is 0 Å². The van der Waals surface area contributed by atoms with E-state index in [1.807, 2.05) is 13.0 Å². The lowest BCUT2D eigenvalue weighted by Crippen LogP contribution is -2.44. The summed E-state index contributed by atoms with van der Waals surface area (Å²) in [6.45, 7) is 3.47. The molecule has 150 valence electrons. The molecule has 4 amide bonds. The van der Waals surface area contributed by atoms with Crippen LogP contribution in [0.15, 0.2) is 30.0 Å². The second-order valence-corrected chi connectivity index (χ2v) is 7.56. The van der Waals surface area contributed by atoms with Gasteiger partial charge in [0.05, 0.1) is 0 Å². The number of amides is 4. The van der Waals surface area contributed by atoms with Gasteiger partial charge in [-0.25, -0.2) is 9.18 Å². The third kappa shape index (κ3) is 3.63. The number of urea groups is 1. The highest BCUT2D eigenvalue weighted by molar-refractivity contribution is 6.32. The fourth-order valence-corrected chi connectivity index (χ4v) is 4.10. The first-order valence-electron chi connectivity index (χ1n) is 9.37. The first kappa shape index (κ1) is 20.3. The van der Waals surface area contributed by atoms with E-state index < -0.39 is 23.3 Å². The summed E-state index contributed by atoms with van der Waals surface area (Å²) in [4.78, 5) is 40.8. The molecule has 1 fully saturated rings. The van der Waals surface area contributed by atoms with Crippen LogP contribution in [0.5, 0.6) is 0 Å². The maximum absolute atomic E-state index is 13.4. The lowest BCUT2D eigenvalue weighted by atomic mass is 9.92. The minimum Gasteiger partial charge on any atom is -0.319 e. The molecule has 0 radical (unpaired) electrons. The van der Waals surface area contributed by atoms with Gasteiger partial charge in [0.15, 0.2) is 0 Å². The fraction of sp³-hybridized carbons (Fsp3) is 0.450. The number of likely N-dealkylation sites (N-methyl/N-ethyl adjacent to an activating group) is 1. The highest BCUT2D eigenvalue weighted by atomic mass is 35.5. The lowest BCUT2D eigenvalue weighted by molar-refractivity contribution is -0.138. The van der Waals surface area contributed by atoms with Crippen molar-refractivity contribution in [2.75, 3.05) is 13.1 Å². The van der Waals surface area contributed by atoms with E-state index in [0.29, 0.717) is 6.54 Å². The van der Waals surface area contributed by atoms with E-state index in [1.54, 1.807) is 4.90 Å². The van der Waals surface area contributed by atoms with Gasteiger partial charge in [-0.15, -0.1) is 0 Å². The second-order valence-electron chi connectivity index (χ2n) is 7.15. The van der Waals surface area contributed by atoms with Crippen molar-refractivity contribution in [3.8, 4) is 0 Å². The molecule has 1 unspecified atom stereocenters. The van der Waals surface area contributed by atoms with Crippen LogP contribution in [0, 0.1) is 5.82 Å². The molecule has 3 rings (SSSR count). The fourth-order valence-electron chi connectivity index (χ4n) is 3.74. The molecule has 0 bridgehead atoms. The van der Waals surface area contributed by atoms with Gasteiger partial charge in [0, 0.05) is 22.8 Å². The molecule has 0 spiro atoms. The minimum absolute atomic E-state index is 0.0341. The van der Waals surface area contributed by atoms with Gasteiger partial charge >= 0.3 is 6.03 Å². The number of carbonyl (C=O) groups is 3. The maximum Gasteiger partial charge on any atom is 0.325 e. The van der Waals surface area contributed by atoms with Crippen molar-refractivity contribution in [2.24, 2.45) is 0 Å². The summed E-state index contributed by atoms with van der Waals surface area (Å²) in [5.41, 5.74) is -0.232. The van der Waals surface area contributed by atoms with E-state index >= 15 is 0 Å². The quantitative estimate of drug-likeness (QED) is 0.759. The Hall–Kier alpha value is -2.41. The van der Waals surface area contributed by atoms with Crippen LogP contribution in [0.25, 0.3) is 0 Å². The highest BCUT2D eigenvalue weighted by Crippen LogP contribution is 2.34. The van der Waals surface area contributed by atoms with Crippen LogP contribution in [0.3, 0.4) is 0 Å². The molecule has 1 aliphatic carbocycles. The van der Waals surface area contributed by atoms with Gasteiger partial charge in [0.2, 0.25) is 5.91 Å². The van der Waals surface area contributed by atoms with E-state index in [1.165, 1.54) is 19.1 Å². The SMILES string of the molecule is CCN(C(=O)CN1C(=O)NC(C)(c2ccc(F)cc2Cl)C1=O)C1=CCCCC1. The average Bonchev–Trinajstić information content (AvgIpc) is 2.87. The number of carbonyl (C=O) groups excluding carboxylic acids is 3. The second kappa shape index (κ2) is 7.91. The van der Waals surface area contributed by atoms with Crippen LogP contribution in [0.2, 0.25) is 5.02 Å². The van der Waals surface area contributed by atoms with E-state index in [9.17, 15) is 18.8 Å². The monoisotopic (exact) mass is 407 g/mol. The van der Waals surface area contributed by atoms with Crippen molar-refractivity contribution in [1.29, 1.82) is 0 Å². The normalized spacial score (nSPS) is 22.1. The predicted molar refractivity (Wildman–Crippen MR) is 103 cm³/mol. The Labute approximate surface area is 168 Å². The molecule has 2 aliphatic rings. The summed E-state index contributed by atoms with van der Waals surface area (Å²) in [5.74, 6) is -1.44. The van der Waals surface area contributed by atoms with Crippen molar-refractivity contribution in [3.05, 3.63) is 46.4 Å². The molecule has 0 saturated carbocycles. The number of rotatable bonds is 5. The van der Waals surface area contributed by atoms with Gasteiger partial charge < -0.3 is 10.2 Å². The Morgan fingerprint density at radius 2 is 2.11 bits per heavy atom. The van der Waals surface area contributed by atoms with E-state index in [2.05, 4.69) is 5.32 Å². The summed E-state index contributed by atoms with van der Waals surface area (Å²) in [7, 11) is 0. The molecule has 1 heterocycles. The van der Waals surface area contributed by atoms with Crippen molar-refractivity contribution >= 4 is 29.4 Å². The van der Waals surface area contributed by atoms with Crippen LogP contribution < -0.4 is 5.32 Å². The molecule has 1 saturated heterocycles. The maximum atomic E-state index is 13.4. The van der Waals surface area contributed by atoms with Gasteiger partial charge in [0.1, 0.15) is 17.9 Å². The third-order valence-electron chi connectivity index (χ3n) is 5.27. The third-order valence-corrected chi connectivity index (χ3v) is 5.58. The van der Waals surface area contributed by atoms with Gasteiger partial charge in [-0.05, 0) is 51.7 Å². The first-order valence-corrected chi connectivity index (χ1v) is 9.74. The largest absolute Gasteiger partial charge is 0.325 e. The lowest BCUT2D eigenvalue weighted by Gasteiger charge is -2.28. The molecule has 8 heteroatoms.